The smallest absolute Gasteiger partial charge is 0.226 e. The van der Waals surface area contributed by atoms with E-state index in [0.717, 1.165) is 50.2 Å². The number of aromatic amines is 1. The van der Waals surface area contributed by atoms with E-state index in [2.05, 4.69) is 21.6 Å². The Morgan fingerprint density at radius 1 is 1.36 bits per heavy atom. The molecular weight excluding hydrogens is 359 g/mol. The first-order valence-electron chi connectivity index (χ1n) is 8.50. The topological polar surface area (TPSA) is 61.0 Å². The molecule has 2 atom stereocenters. The van der Waals surface area contributed by atoms with Crippen LogP contribution in [-0.4, -0.2) is 40.6 Å². The maximum atomic E-state index is 13.2. The van der Waals surface area contributed by atoms with Crippen LogP contribution in [0.15, 0.2) is 30.5 Å². The standard InChI is InChI=1S/C18H21ClN4O.ClH/c19-15-3-1-2-12(8-15)17-11-20-6-7-23(17)18(24)13-4-5-14-10-21-22-16(14)9-13;/h1-3,8,10,13,17,20H,4-7,9,11H2,(H,21,22);1H. The van der Waals surface area contributed by atoms with E-state index in [1.807, 2.05) is 29.3 Å². The Morgan fingerprint density at radius 3 is 3.08 bits per heavy atom. The van der Waals surface area contributed by atoms with Crippen molar-refractivity contribution in [3.63, 3.8) is 0 Å². The minimum atomic E-state index is 0. The molecule has 4 rings (SSSR count). The van der Waals surface area contributed by atoms with Crippen molar-refractivity contribution >= 4 is 29.9 Å². The number of hydrogen-bond acceptors (Lipinski definition) is 3. The SMILES string of the molecule is Cl.O=C(C1CCc2cn[nH]c2C1)N1CCNCC1c1cccc(Cl)c1. The van der Waals surface area contributed by atoms with Gasteiger partial charge in [0, 0.05) is 42.7 Å². The summed E-state index contributed by atoms with van der Waals surface area (Å²) in [5.74, 6) is 0.291. The van der Waals surface area contributed by atoms with Crippen LogP contribution in [0.1, 0.15) is 29.3 Å². The number of hydrogen-bond donors (Lipinski definition) is 2. The molecule has 7 heteroatoms. The fraction of sp³-hybridized carbons (Fsp3) is 0.444. The van der Waals surface area contributed by atoms with E-state index < -0.39 is 0 Å². The third kappa shape index (κ3) is 3.68. The van der Waals surface area contributed by atoms with Crippen molar-refractivity contribution in [1.29, 1.82) is 0 Å². The first-order chi connectivity index (χ1) is 11.7. The van der Waals surface area contributed by atoms with Crippen LogP contribution in [0, 0.1) is 5.92 Å². The average Bonchev–Trinajstić information content (AvgIpc) is 3.09. The van der Waals surface area contributed by atoms with Crippen LogP contribution in [0.2, 0.25) is 5.02 Å². The zero-order chi connectivity index (χ0) is 16.5. The molecule has 1 aromatic heterocycles. The highest BCUT2D eigenvalue weighted by Gasteiger charge is 2.34. The number of carbonyl (C=O) groups excluding carboxylic acids is 1. The molecule has 2 N–H and O–H groups in total. The molecule has 5 nitrogen and oxygen atoms in total. The Labute approximate surface area is 158 Å². The molecule has 0 spiro atoms. The number of aryl methyl sites for hydroxylation is 1. The Hall–Kier alpha value is -1.56. The van der Waals surface area contributed by atoms with E-state index in [1.165, 1.54) is 5.56 Å². The summed E-state index contributed by atoms with van der Waals surface area (Å²) in [6.45, 7) is 2.35. The zero-order valence-electron chi connectivity index (χ0n) is 13.9. The molecule has 1 saturated heterocycles. The minimum absolute atomic E-state index is 0. The van der Waals surface area contributed by atoms with Gasteiger partial charge in [0.05, 0.1) is 12.2 Å². The van der Waals surface area contributed by atoms with Crippen LogP contribution in [0.3, 0.4) is 0 Å². The van der Waals surface area contributed by atoms with Crippen molar-refractivity contribution in [3.8, 4) is 0 Å². The lowest BCUT2D eigenvalue weighted by atomic mass is 9.86. The van der Waals surface area contributed by atoms with Gasteiger partial charge in [0.15, 0.2) is 0 Å². The predicted octanol–water partition coefficient (Wildman–Crippen LogP) is 2.76. The Bertz CT molecular complexity index is 748. The van der Waals surface area contributed by atoms with Crippen molar-refractivity contribution in [2.75, 3.05) is 19.6 Å². The number of carbonyl (C=O) groups is 1. The molecule has 2 unspecified atom stereocenters. The summed E-state index contributed by atoms with van der Waals surface area (Å²) >= 11 is 6.15. The summed E-state index contributed by atoms with van der Waals surface area (Å²) in [4.78, 5) is 15.2. The molecule has 2 heterocycles. The van der Waals surface area contributed by atoms with Crippen molar-refractivity contribution in [2.24, 2.45) is 5.92 Å². The number of rotatable bonds is 2. The average molecular weight is 381 g/mol. The van der Waals surface area contributed by atoms with Crippen LogP contribution in [0.5, 0.6) is 0 Å². The third-order valence-corrected chi connectivity index (χ3v) is 5.36. The van der Waals surface area contributed by atoms with Gasteiger partial charge in [-0.2, -0.15) is 5.10 Å². The number of aromatic nitrogens is 2. The lowest BCUT2D eigenvalue weighted by Gasteiger charge is -2.39. The Balaban J connectivity index is 0.00000182. The molecular formula is C18H22Cl2N4O. The van der Waals surface area contributed by atoms with E-state index in [1.54, 1.807) is 0 Å². The van der Waals surface area contributed by atoms with Crippen molar-refractivity contribution < 1.29 is 4.79 Å². The molecule has 25 heavy (non-hydrogen) atoms. The van der Waals surface area contributed by atoms with E-state index >= 15 is 0 Å². The number of nitrogens with zero attached hydrogens (tertiary/aromatic N) is 2. The molecule has 0 bridgehead atoms. The van der Waals surface area contributed by atoms with Crippen molar-refractivity contribution in [2.45, 2.75) is 25.3 Å². The van der Waals surface area contributed by atoms with Crippen LogP contribution in [0.25, 0.3) is 0 Å². The molecule has 134 valence electrons. The van der Waals surface area contributed by atoms with E-state index in [-0.39, 0.29) is 30.3 Å². The highest BCUT2D eigenvalue weighted by atomic mass is 35.5. The molecule has 1 fully saturated rings. The molecule has 1 aromatic carbocycles. The second kappa shape index (κ2) is 7.77. The Kier molecular flexibility index (Phi) is 5.67. The molecule has 0 radical (unpaired) electrons. The highest BCUT2D eigenvalue weighted by Crippen LogP contribution is 2.30. The minimum Gasteiger partial charge on any atom is -0.333 e. The zero-order valence-corrected chi connectivity index (χ0v) is 15.4. The number of fused-ring (bicyclic) bond motifs is 1. The number of H-pyrrole nitrogens is 1. The predicted molar refractivity (Wildman–Crippen MR) is 100 cm³/mol. The maximum absolute atomic E-state index is 13.2. The first kappa shape index (κ1) is 18.2. The number of halogens is 2. The number of benzene rings is 1. The van der Waals surface area contributed by atoms with Gasteiger partial charge < -0.3 is 10.2 Å². The second-order valence-electron chi connectivity index (χ2n) is 6.62. The van der Waals surface area contributed by atoms with E-state index in [0.29, 0.717) is 5.02 Å². The first-order valence-corrected chi connectivity index (χ1v) is 8.88. The molecule has 0 saturated carbocycles. The van der Waals surface area contributed by atoms with E-state index in [9.17, 15) is 4.79 Å². The van der Waals surface area contributed by atoms with Crippen LogP contribution < -0.4 is 5.32 Å². The number of amides is 1. The van der Waals surface area contributed by atoms with Gasteiger partial charge >= 0.3 is 0 Å². The Morgan fingerprint density at radius 2 is 2.24 bits per heavy atom. The highest BCUT2D eigenvalue weighted by molar-refractivity contribution is 6.30. The van der Waals surface area contributed by atoms with Crippen LogP contribution in [-0.2, 0) is 17.6 Å². The normalized spacial score (nSPS) is 22.8. The van der Waals surface area contributed by atoms with Gasteiger partial charge in [0.1, 0.15) is 0 Å². The summed E-state index contributed by atoms with van der Waals surface area (Å²) in [6, 6.07) is 7.89. The third-order valence-electron chi connectivity index (χ3n) is 5.13. The second-order valence-corrected chi connectivity index (χ2v) is 7.06. The quantitative estimate of drug-likeness (QED) is 0.841. The van der Waals surface area contributed by atoms with Crippen LogP contribution in [0.4, 0.5) is 0 Å². The number of nitrogens with one attached hydrogen (secondary N) is 2. The van der Waals surface area contributed by atoms with Gasteiger partial charge in [-0.3, -0.25) is 9.89 Å². The molecule has 1 amide bonds. The lowest BCUT2D eigenvalue weighted by molar-refractivity contribution is -0.139. The summed E-state index contributed by atoms with van der Waals surface area (Å²) in [7, 11) is 0. The lowest BCUT2D eigenvalue weighted by Crippen LogP contribution is -2.51. The monoisotopic (exact) mass is 380 g/mol. The van der Waals surface area contributed by atoms with E-state index in [4.69, 9.17) is 11.6 Å². The largest absolute Gasteiger partial charge is 0.333 e. The molecule has 1 aliphatic heterocycles. The van der Waals surface area contributed by atoms with Crippen LogP contribution >= 0.6 is 24.0 Å². The summed E-state index contributed by atoms with van der Waals surface area (Å²) in [6.07, 6.45) is 4.48. The molecule has 1 aliphatic carbocycles. The van der Waals surface area contributed by atoms with Gasteiger partial charge in [0.2, 0.25) is 5.91 Å². The molecule has 2 aliphatic rings. The van der Waals surface area contributed by atoms with Crippen molar-refractivity contribution in [3.05, 3.63) is 52.3 Å². The fourth-order valence-corrected chi connectivity index (χ4v) is 4.03. The molecule has 2 aromatic rings. The van der Waals surface area contributed by atoms with Crippen molar-refractivity contribution in [1.82, 2.24) is 20.4 Å². The van der Waals surface area contributed by atoms with Gasteiger partial charge in [-0.1, -0.05) is 23.7 Å². The summed E-state index contributed by atoms with van der Waals surface area (Å²) < 4.78 is 0. The van der Waals surface area contributed by atoms with Gasteiger partial charge in [0.25, 0.3) is 0 Å². The number of piperazine rings is 1. The summed E-state index contributed by atoms with van der Waals surface area (Å²) in [5.41, 5.74) is 3.47. The fourth-order valence-electron chi connectivity index (χ4n) is 3.83. The van der Waals surface area contributed by atoms with Gasteiger partial charge in [-0.05, 0) is 36.1 Å². The van der Waals surface area contributed by atoms with Gasteiger partial charge in [-0.25, -0.2) is 0 Å². The maximum Gasteiger partial charge on any atom is 0.226 e. The summed E-state index contributed by atoms with van der Waals surface area (Å²) in [5, 5.41) is 11.3. The van der Waals surface area contributed by atoms with Gasteiger partial charge in [-0.15, -0.1) is 12.4 Å².